The normalized spacial score (nSPS) is 14.9. The Labute approximate surface area is 102 Å². The molecule has 0 radical (unpaired) electrons. The molecule has 1 aromatic carbocycles. The summed E-state index contributed by atoms with van der Waals surface area (Å²) in [5.74, 6) is -0.230. The number of likely N-dealkylation sites (N-methyl/N-ethyl adjacent to an activating group) is 1. The van der Waals surface area contributed by atoms with Gasteiger partial charge in [0.25, 0.3) is 0 Å². The van der Waals surface area contributed by atoms with E-state index in [2.05, 4.69) is 0 Å². The second kappa shape index (κ2) is 6.69. The van der Waals surface area contributed by atoms with Crippen molar-refractivity contribution in [3.8, 4) is 0 Å². The summed E-state index contributed by atoms with van der Waals surface area (Å²) in [6.45, 7) is 2.79. The lowest BCUT2D eigenvalue weighted by Crippen LogP contribution is -2.33. The molecule has 0 saturated carbocycles. The zero-order valence-corrected chi connectivity index (χ0v) is 10.4. The van der Waals surface area contributed by atoms with Gasteiger partial charge in [0.2, 0.25) is 0 Å². The third-order valence-corrected chi connectivity index (χ3v) is 2.92. The van der Waals surface area contributed by atoms with Crippen molar-refractivity contribution in [1.29, 1.82) is 0 Å². The van der Waals surface area contributed by atoms with Crippen molar-refractivity contribution in [3.05, 3.63) is 35.6 Å². The molecule has 0 aromatic heterocycles. The zero-order chi connectivity index (χ0) is 12.8. The minimum absolute atomic E-state index is 0.144. The van der Waals surface area contributed by atoms with Gasteiger partial charge in [-0.2, -0.15) is 0 Å². The van der Waals surface area contributed by atoms with Crippen molar-refractivity contribution in [1.82, 2.24) is 4.90 Å². The van der Waals surface area contributed by atoms with Crippen LogP contribution in [-0.2, 0) is 0 Å². The first kappa shape index (κ1) is 14.1. The van der Waals surface area contributed by atoms with Crippen LogP contribution < -0.4 is 5.73 Å². The minimum Gasteiger partial charge on any atom is -0.393 e. The van der Waals surface area contributed by atoms with Gasteiger partial charge in [0.1, 0.15) is 5.82 Å². The summed E-state index contributed by atoms with van der Waals surface area (Å²) in [6.07, 6.45) is 0.304. The minimum atomic E-state index is -0.350. The Morgan fingerprint density at radius 3 is 2.59 bits per heavy atom. The van der Waals surface area contributed by atoms with E-state index in [-0.39, 0.29) is 18.0 Å². The molecule has 17 heavy (non-hydrogen) atoms. The van der Waals surface area contributed by atoms with Gasteiger partial charge < -0.3 is 10.8 Å². The molecule has 0 heterocycles. The number of rotatable bonds is 6. The van der Waals surface area contributed by atoms with Gasteiger partial charge in [0, 0.05) is 24.7 Å². The highest BCUT2D eigenvalue weighted by Gasteiger charge is 2.18. The predicted octanol–water partition coefficient (Wildman–Crippen LogP) is 1.53. The molecule has 0 aliphatic rings. The maximum atomic E-state index is 13.7. The summed E-state index contributed by atoms with van der Waals surface area (Å²) < 4.78 is 13.7. The van der Waals surface area contributed by atoms with Crippen molar-refractivity contribution in [2.45, 2.75) is 25.5 Å². The summed E-state index contributed by atoms with van der Waals surface area (Å²) in [5, 5.41) is 9.25. The van der Waals surface area contributed by atoms with Crippen LogP contribution in [0.5, 0.6) is 0 Å². The number of nitrogens with zero attached hydrogens (tertiary/aromatic N) is 1. The average Bonchev–Trinajstić information content (AvgIpc) is 2.30. The van der Waals surface area contributed by atoms with E-state index in [9.17, 15) is 9.50 Å². The zero-order valence-electron chi connectivity index (χ0n) is 10.4. The van der Waals surface area contributed by atoms with Crippen LogP contribution in [0.3, 0.4) is 0 Å². The average molecular weight is 240 g/mol. The highest BCUT2D eigenvalue weighted by atomic mass is 19.1. The number of hydrogen-bond acceptors (Lipinski definition) is 3. The second-order valence-corrected chi connectivity index (χ2v) is 4.39. The summed E-state index contributed by atoms with van der Waals surface area (Å²) in [4.78, 5) is 1.98. The largest absolute Gasteiger partial charge is 0.393 e. The van der Waals surface area contributed by atoms with E-state index < -0.39 is 0 Å². The van der Waals surface area contributed by atoms with Crippen molar-refractivity contribution >= 4 is 0 Å². The Balaban J connectivity index is 2.74. The fraction of sp³-hybridized carbons (Fsp3) is 0.538. The van der Waals surface area contributed by atoms with Crippen LogP contribution in [0.4, 0.5) is 4.39 Å². The first-order chi connectivity index (χ1) is 8.06. The van der Waals surface area contributed by atoms with Crippen molar-refractivity contribution in [2.75, 3.05) is 20.1 Å². The molecule has 0 aliphatic heterocycles. The fourth-order valence-electron chi connectivity index (χ4n) is 1.84. The molecule has 0 spiro atoms. The second-order valence-electron chi connectivity index (χ2n) is 4.39. The molecule has 4 heteroatoms. The number of aliphatic hydroxyl groups excluding tert-OH is 1. The number of benzene rings is 1. The van der Waals surface area contributed by atoms with E-state index in [4.69, 9.17) is 5.73 Å². The van der Waals surface area contributed by atoms with E-state index in [1.54, 1.807) is 19.1 Å². The molecule has 1 aromatic rings. The predicted molar refractivity (Wildman–Crippen MR) is 67.1 cm³/mol. The topological polar surface area (TPSA) is 49.5 Å². The molecule has 0 aliphatic carbocycles. The summed E-state index contributed by atoms with van der Waals surface area (Å²) in [7, 11) is 1.90. The molecule has 3 nitrogen and oxygen atoms in total. The molecule has 2 atom stereocenters. The standard InChI is InChI=1S/C13H21FN2O/c1-10(17)7-8-16(2)13(9-15)11-5-3-4-6-12(11)14/h3-6,10,13,17H,7-9,15H2,1-2H3. The van der Waals surface area contributed by atoms with Crippen LogP contribution in [0.15, 0.2) is 24.3 Å². The Bertz CT molecular complexity index is 344. The SMILES string of the molecule is CC(O)CCN(C)C(CN)c1ccccc1F. The summed E-state index contributed by atoms with van der Waals surface area (Å²) in [5.41, 5.74) is 6.32. The molecule has 0 fully saturated rings. The lowest BCUT2D eigenvalue weighted by atomic mass is 10.0. The Hall–Kier alpha value is -0.970. The maximum absolute atomic E-state index is 13.7. The molecule has 96 valence electrons. The number of nitrogens with two attached hydrogens (primary N) is 1. The van der Waals surface area contributed by atoms with Gasteiger partial charge in [-0.05, 0) is 26.5 Å². The summed E-state index contributed by atoms with van der Waals surface area (Å²) >= 11 is 0. The van der Waals surface area contributed by atoms with Gasteiger partial charge in [0.15, 0.2) is 0 Å². The molecule has 0 amide bonds. The van der Waals surface area contributed by atoms with Gasteiger partial charge in [-0.1, -0.05) is 18.2 Å². The van der Waals surface area contributed by atoms with E-state index in [0.717, 1.165) is 0 Å². The van der Waals surface area contributed by atoms with Crippen molar-refractivity contribution in [3.63, 3.8) is 0 Å². The highest BCUT2D eigenvalue weighted by Crippen LogP contribution is 2.21. The van der Waals surface area contributed by atoms with Crippen LogP contribution >= 0.6 is 0 Å². The van der Waals surface area contributed by atoms with Gasteiger partial charge in [0.05, 0.1) is 6.10 Å². The van der Waals surface area contributed by atoms with Gasteiger partial charge in [-0.3, -0.25) is 4.90 Å². The Morgan fingerprint density at radius 2 is 2.06 bits per heavy atom. The maximum Gasteiger partial charge on any atom is 0.128 e. The van der Waals surface area contributed by atoms with E-state index in [1.807, 2.05) is 18.0 Å². The quantitative estimate of drug-likeness (QED) is 0.792. The van der Waals surface area contributed by atoms with Crippen molar-refractivity contribution < 1.29 is 9.50 Å². The van der Waals surface area contributed by atoms with Crippen LogP contribution in [0.25, 0.3) is 0 Å². The van der Waals surface area contributed by atoms with E-state index >= 15 is 0 Å². The lowest BCUT2D eigenvalue weighted by molar-refractivity contribution is 0.149. The van der Waals surface area contributed by atoms with Crippen LogP contribution in [0.1, 0.15) is 24.9 Å². The van der Waals surface area contributed by atoms with E-state index in [0.29, 0.717) is 25.1 Å². The van der Waals surface area contributed by atoms with Crippen LogP contribution in [0, 0.1) is 5.82 Å². The lowest BCUT2D eigenvalue weighted by Gasteiger charge is -2.28. The molecule has 3 N–H and O–H groups in total. The molecule has 0 bridgehead atoms. The first-order valence-electron chi connectivity index (χ1n) is 5.89. The van der Waals surface area contributed by atoms with E-state index in [1.165, 1.54) is 6.07 Å². The smallest absolute Gasteiger partial charge is 0.128 e. The molecule has 0 saturated heterocycles. The third-order valence-electron chi connectivity index (χ3n) is 2.92. The highest BCUT2D eigenvalue weighted by molar-refractivity contribution is 5.21. The fourth-order valence-corrected chi connectivity index (χ4v) is 1.84. The third kappa shape index (κ3) is 4.07. The molecule has 2 unspecified atom stereocenters. The van der Waals surface area contributed by atoms with Gasteiger partial charge in [-0.25, -0.2) is 4.39 Å². The van der Waals surface area contributed by atoms with Gasteiger partial charge >= 0.3 is 0 Å². The van der Waals surface area contributed by atoms with Gasteiger partial charge in [-0.15, -0.1) is 0 Å². The monoisotopic (exact) mass is 240 g/mol. The number of hydrogen-bond donors (Lipinski definition) is 2. The summed E-state index contributed by atoms with van der Waals surface area (Å²) in [6, 6.07) is 6.54. The first-order valence-corrected chi connectivity index (χ1v) is 5.89. The van der Waals surface area contributed by atoms with Crippen molar-refractivity contribution in [2.24, 2.45) is 5.73 Å². The Kier molecular flexibility index (Phi) is 5.55. The number of aliphatic hydroxyl groups is 1. The van der Waals surface area contributed by atoms with Crippen LogP contribution in [0.2, 0.25) is 0 Å². The van der Waals surface area contributed by atoms with Crippen LogP contribution in [-0.4, -0.2) is 36.2 Å². The molecular weight excluding hydrogens is 219 g/mol. The number of halogens is 1. The molecule has 1 rings (SSSR count). The molecular formula is C13H21FN2O. The Morgan fingerprint density at radius 1 is 1.41 bits per heavy atom.